The fraction of sp³-hybridized carbons (Fsp3) is 0.273. The van der Waals surface area contributed by atoms with Gasteiger partial charge in [0.05, 0.1) is 30.3 Å². The highest BCUT2D eigenvalue weighted by Gasteiger charge is 2.20. The number of ketones is 1. The van der Waals surface area contributed by atoms with Gasteiger partial charge in [-0.25, -0.2) is 9.97 Å². The summed E-state index contributed by atoms with van der Waals surface area (Å²) in [5.74, 6) is 0.182. The molecule has 6 nitrogen and oxygen atoms in total. The number of aromatic nitrogens is 3. The summed E-state index contributed by atoms with van der Waals surface area (Å²) in [6.45, 7) is 1.83. The van der Waals surface area contributed by atoms with Gasteiger partial charge in [-0.2, -0.15) is 4.98 Å². The summed E-state index contributed by atoms with van der Waals surface area (Å²) in [6.07, 6.45) is 2.90. The van der Waals surface area contributed by atoms with Crippen LogP contribution in [0.4, 0.5) is 0 Å². The van der Waals surface area contributed by atoms with E-state index >= 15 is 0 Å². The molecular weight excluding hydrogens is 254 g/mol. The molecule has 0 unspecified atom stereocenters. The Kier molecular flexibility index (Phi) is 3.52. The predicted molar refractivity (Wildman–Crippen MR) is 65.4 cm³/mol. The molecule has 2 heterocycles. The molecule has 0 aliphatic carbocycles. The molecule has 2 rings (SSSR count). The van der Waals surface area contributed by atoms with Crippen LogP contribution in [0.15, 0.2) is 12.4 Å². The molecule has 2 aromatic rings. The van der Waals surface area contributed by atoms with Gasteiger partial charge in [-0.1, -0.05) is 0 Å². The fourth-order valence-electron chi connectivity index (χ4n) is 1.34. The predicted octanol–water partition coefficient (Wildman–Crippen LogP) is 1.49. The highest BCUT2D eigenvalue weighted by atomic mass is 32.1. The molecule has 0 saturated carbocycles. The Morgan fingerprint density at radius 3 is 2.56 bits per heavy atom. The summed E-state index contributed by atoms with van der Waals surface area (Å²) in [5.41, 5.74) is 0.155. The summed E-state index contributed by atoms with van der Waals surface area (Å²) in [6, 6.07) is 0. The van der Waals surface area contributed by atoms with Gasteiger partial charge in [0.15, 0.2) is 5.69 Å². The van der Waals surface area contributed by atoms with E-state index in [-0.39, 0.29) is 17.4 Å². The molecule has 18 heavy (non-hydrogen) atoms. The van der Waals surface area contributed by atoms with E-state index in [1.165, 1.54) is 38.0 Å². The molecule has 0 amide bonds. The molecule has 0 atom stereocenters. The molecular formula is C11H11N3O3S. The molecule has 0 radical (unpaired) electrons. The van der Waals surface area contributed by atoms with Crippen molar-refractivity contribution in [2.75, 3.05) is 14.2 Å². The summed E-state index contributed by atoms with van der Waals surface area (Å²) in [4.78, 5) is 24.8. The summed E-state index contributed by atoms with van der Waals surface area (Å²) in [7, 11) is 2.90. The van der Waals surface area contributed by atoms with E-state index in [0.717, 1.165) is 5.01 Å². The second-order valence-corrected chi connectivity index (χ2v) is 4.58. The normalized spacial score (nSPS) is 10.2. The first kappa shape index (κ1) is 12.4. The van der Waals surface area contributed by atoms with Crippen LogP contribution < -0.4 is 9.47 Å². The van der Waals surface area contributed by atoms with Crippen LogP contribution in [0, 0.1) is 6.92 Å². The molecule has 0 aliphatic heterocycles. The van der Waals surface area contributed by atoms with Crippen LogP contribution in [0.2, 0.25) is 0 Å². The largest absolute Gasteiger partial charge is 0.480 e. The van der Waals surface area contributed by atoms with Gasteiger partial charge in [-0.3, -0.25) is 4.79 Å². The van der Waals surface area contributed by atoms with E-state index in [0.29, 0.717) is 10.8 Å². The van der Waals surface area contributed by atoms with Crippen LogP contribution in [0.5, 0.6) is 11.8 Å². The number of nitrogens with zero attached hydrogens (tertiary/aromatic N) is 3. The number of methoxy groups -OCH3 is 2. The number of ether oxygens (including phenoxy) is 2. The standard InChI is InChI=1S/C11H11N3O3S/c1-6-12-4-7(18-6)10(15)9-11(17-3)14-8(16-2)5-13-9/h4-5H,1-3H3. The molecule has 0 bridgehead atoms. The first-order valence-electron chi connectivity index (χ1n) is 5.08. The number of carbonyl (C=O) groups excluding carboxylic acids is 1. The van der Waals surface area contributed by atoms with E-state index in [1.54, 1.807) is 0 Å². The first-order valence-corrected chi connectivity index (χ1v) is 5.89. The Balaban J connectivity index is 2.41. The van der Waals surface area contributed by atoms with Gasteiger partial charge in [0.2, 0.25) is 17.5 Å². The highest BCUT2D eigenvalue weighted by molar-refractivity contribution is 7.13. The van der Waals surface area contributed by atoms with E-state index < -0.39 is 0 Å². The monoisotopic (exact) mass is 265 g/mol. The molecule has 0 aliphatic rings. The summed E-state index contributed by atoms with van der Waals surface area (Å²) in [5, 5.41) is 0.818. The Morgan fingerprint density at radius 2 is 2.00 bits per heavy atom. The van der Waals surface area contributed by atoms with Crippen LogP contribution in [-0.2, 0) is 0 Å². The van der Waals surface area contributed by atoms with Crippen molar-refractivity contribution in [3.05, 3.63) is 28.0 Å². The third-order valence-electron chi connectivity index (χ3n) is 2.18. The minimum absolute atomic E-state index is 0.144. The minimum atomic E-state index is -0.257. The second-order valence-electron chi connectivity index (χ2n) is 3.34. The zero-order chi connectivity index (χ0) is 13.1. The second kappa shape index (κ2) is 5.09. The van der Waals surface area contributed by atoms with Crippen molar-refractivity contribution >= 4 is 17.1 Å². The summed E-state index contributed by atoms with van der Waals surface area (Å²) < 4.78 is 9.97. The average molecular weight is 265 g/mol. The first-order chi connectivity index (χ1) is 8.65. The van der Waals surface area contributed by atoms with Crippen LogP contribution in [0.25, 0.3) is 0 Å². The van der Waals surface area contributed by atoms with Gasteiger partial charge in [-0.05, 0) is 6.92 Å². The smallest absolute Gasteiger partial charge is 0.247 e. The molecule has 0 fully saturated rings. The molecule has 94 valence electrons. The van der Waals surface area contributed by atoms with Crippen molar-refractivity contribution in [3.63, 3.8) is 0 Å². The van der Waals surface area contributed by atoms with Crippen LogP contribution in [0.1, 0.15) is 20.4 Å². The topological polar surface area (TPSA) is 74.2 Å². The number of thiazole rings is 1. The van der Waals surface area contributed by atoms with Crippen LogP contribution in [-0.4, -0.2) is 35.0 Å². The lowest BCUT2D eigenvalue weighted by molar-refractivity contribution is 0.103. The van der Waals surface area contributed by atoms with E-state index in [1.807, 2.05) is 6.92 Å². The molecule has 0 spiro atoms. The maximum Gasteiger partial charge on any atom is 0.247 e. The van der Waals surface area contributed by atoms with Crippen molar-refractivity contribution in [1.82, 2.24) is 15.0 Å². The minimum Gasteiger partial charge on any atom is -0.480 e. The number of aryl methyl sites for hydroxylation is 1. The zero-order valence-corrected chi connectivity index (χ0v) is 10.9. The fourth-order valence-corrected chi connectivity index (χ4v) is 2.05. The number of rotatable bonds is 4. The van der Waals surface area contributed by atoms with Gasteiger partial charge >= 0.3 is 0 Å². The van der Waals surface area contributed by atoms with Crippen LogP contribution >= 0.6 is 11.3 Å². The molecule has 0 N–H and O–H groups in total. The summed E-state index contributed by atoms with van der Waals surface area (Å²) >= 11 is 1.30. The molecule has 0 aromatic carbocycles. The lowest BCUT2D eigenvalue weighted by atomic mass is 10.2. The Bertz CT molecular complexity index is 583. The SMILES string of the molecule is COc1cnc(C(=O)c2cnc(C)s2)c(OC)n1. The van der Waals surface area contributed by atoms with Crippen molar-refractivity contribution in [1.29, 1.82) is 0 Å². The van der Waals surface area contributed by atoms with Crippen LogP contribution in [0.3, 0.4) is 0 Å². The maximum atomic E-state index is 12.2. The molecule has 2 aromatic heterocycles. The third-order valence-corrected chi connectivity index (χ3v) is 3.09. The van der Waals surface area contributed by atoms with E-state index in [9.17, 15) is 4.79 Å². The van der Waals surface area contributed by atoms with E-state index in [4.69, 9.17) is 9.47 Å². The molecule has 7 heteroatoms. The quantitative estimate of drug-likeness (QED) is 0.780. The van der Waals surface area contributed by atoms with Crippen molar-refractivity contribution in [3.8, 4) is 11.8 Å². The zero-order valence-electron chi connectivity index (χ0n) is 10.1. The Labute approximate surface area is 108 Å². The van der Waals surface area contributed by atoms with Gasteiger partial charge in [0.25, 0.3) is 0 Å². The lowest BCUT2D eigenvalue weighted by Gasteiger charge is -2.05. The lowest BCUT2D eigenvalue weighted by Crippen LogP contribution is -2.07. The highest BCUT2D eigenvalue weighted by Crippen LogP contribution is 2.22. The van der Waals surface area contributed by atoms with Gasteiger partial charge in [-0.15, -0.1) is 11.3 Å². The van der Waals surface area contributed by atoms with Gasteiger partial charge in [0, 0.05) is 6.20 Å². The molecule has 0 saturated heterocycles. The Morgan fingerprint density at radius 1 is 1.22 bits per heavy atom. The van der Waals surface area contributed by atoms with Crippen molar-refractivity contribution in [2.24, 2.45) is 0 Å². The third kappa shape index (κ3) is 2.30. The van der Waals surface area contributed by atoms with Crippen molar-refractivity contribution in [2.45, 2.75) is 6.92 Å². The van der Waals surface area contributed by atoms with Gasteiger partial charge in [0.1, 0.15) is 0 Å². The Hall–Kier alpha value is -2.02. The maximum absolute atomic E-state index is 12.2. The number of hydrogen-bond donors (Lipinski definition) is 0. The number of hydrogen-bond acceptors (Lipinski definition) is 7. The average Bonchev–Trinajstić information content (AvgIpc) is 2.83. The van der Waals surface area contributed by atoms with E-state index in [2.05, 4.69) is 15.0 Å². The number of carbonyl (C=O) groups is 1. The van der Waals surface area contributed by atoms with Gasteiger partial charge < -0.3 is 9.47 Å². The van der Waals surface area contributed by atoms with Crippen molar-refractivity contribution < 1.29 is 14.3 Å².